The van der Waals surface area contributed by atoms with E-state index in [0.717, 1.165) is 16.8 Å². The van der Waals surface area contributed by atoms with Gasteiger partial charge in [-0.1, -0.05) is 52.3 Å². The van der Waals surface area contributed by atoms with E-state index in [1.54, 1.807) is 30.9 Å². The topological polar surface area (TPSA) is 46.6 Å². The quantitative estimate of drug-likeness (QED) is 0.550. The van der Waals surface area contributed by atoms with Gasteiger partial charge in [0.05, 0.1) is 28.4 Å². The minimum Gasteiger partial charge on any atom is -0.462 e. The smallest absolute Gasteiger partial charge is 0.338 e. The second-order valence-corrected chi connectivity index (χ2v) is 7.05. The summed E-state index contributed by atoms with van der Waals surface area (Å²) in [6, 6.07) is 13.0. The fraction of sp³-hybridized carbons (Fsp3) is 0.200. The van der Waals surface area contributed by atoms with E-state index in [1.807, 2.05) is 42.5 Å². The van der Waals surface area contributed by atoms with Crippen LogP contribution in [0.25, 0.3) is 12.2 Å². The molecule has 5 heteroatoms. The zero-order valence-electron chi connectivity index (χ0n) is 14.0. The molecule has 0 fully saturated rings. The predicted octanol–water partition coefficient (Wildman–Crippen LogP) is 4.80. The standard InChI is InChI=1S/C20H18BrNO3/c1-3-25-20(24)16-11-10-15-9-8-14-6-4-5-7-17(14)22(18(15)12-16)19(23)13(2)21/h4-13H,3H2,1-2H3. The van der Waals surface area contributed by atoms with Crippen molar-refractivity contribution in [2.45, 2.75) is 18.7 Å². The van der Waals surface area contributed by atoms with Crippen molar-refractivity contribution >= 4 is 51.3 Å². The highest BCUT2D eigenvalue weighted by Gasteiger charge is 2.27. The third-order valence-corrected chi connectivity index (χ3v) is 4.35. The van der Waals surface area contributed by atoms with E-state index in [0.29, 0.717) is 17.9 Å². The number of alkyl halides is 1. The van der Waals surface area contributed by atoms with Gasteiger partial charge < -0.3 is 4.74 Å². The van der Waals surface area contributed by atoms with Crippen LogP contribution in [0.1, 0.15) is 35.3 Å². The summed E-state index contributed by atoms with van der Waals surface area (Å²) in [7, 11) is 0. The third-order valence-electron chi connectivity index (χ3n) is 3.96. The lowest BCUT2D eigenvalue weighted by Gasteiger charge is -2.26. The van der Waals surface area contributed by atoms with Gasteiger partial charge in [0.1, 0.15) is 0 Å². The summed E-state index contributed by atoms with van der Waals surface area (Å²) in [6.45, 7) is 3.86. The molecule has 1 heterocycles. The second kappa shape index (κ2) is 7.23. The fourth-order valence-electron chi connectivity index (χ4n) is 2.78. The Morgan fingerprint density at radius 3 is 2.44 bits per heavy atom. The van der Waals surface area contributed by atoms with Crippen LogP contribution < -0.4 is 4.90 Å². The molecule has 1 atom stereocenters. The molecule has 1 aliphatic rings. The number of amides is 1. The minimum absolute atomic E-state index is 0.0987. The van der Waals surface area contributed by atoms with Gasteiger partial charge in [-0.05, 0) is 43.2 Å². The molecule has 0 spiro atoms. The molecule has 1 unspecified atom stereocenters. The maximum Gasteiger partial charge on any atom is 0.338 e. The van der Waals surface area contributed by atoms with Gasteiger partial charge in [0, 0.05) is 0 Å². The number of para-hydroxylation sites is 1. The van der Waals surface area contributed by atoms with E-state index in [-0.39, 0.29) is 10.7 Å². The average Bonchev–Trinajstić information content (AvgIpc) is 2.77. The molecule has 0 radical (unpaired) electrons. The molecule has 0 bridgehead atoms. The highest BCUT2D eigenvalue weighted by molar-refractivity contribution is 9.10. The van der Waals surface area contributed by atoms with Crippen LogP contribution >= 0.6 is 15.9 Å². The normalized spacial score (nSPS) is 13.5. The molecule has 0 aliphatic carbocycles. The lowest BCUT2D eigenvalue weighted by atomic mass is 10.1. The first-order valence-electron chi connectivity index (χ1n) is 8.09. The summed E-state index contributed by atoms with van der Waals surface area (Å²) < 4.78 is 5.09. The second-order valence-electron chi connectivity index (χ2n) is 5.68. The Bertz CT molecular complexity index is 858. The number of anilines is 2. The summed E-state index contributed by atoms with van der Waals surface area (Å²) in [5.74, 6) is -0.496. The van der Waals surface area contributed by atoms with E-state index in [2.05, 4.69) is 15.9 Å². The number of benzene rings is 2. The third kappa shape index (κ3) is 3.37. The molecule has 0 saturated heterocycles. The summed E-state index contributed by atoms with van der Waals surface area (Å²) in [5.41, 5.74) is 3.69. The predicted molar refractivity (Wildman–Crippen MR) is 103 cm³/mol. The lowest BCUT2D eigenvalue weighted by molar-refractivity contribution is -0.117. The van der Waals surface area contributed by atoms with E-state index >= 15 is 0 Å². The van der Waals surface area contributed by atoms with Gasteiger partial charge in [0.2, 0.25) is 5.91 Å². The van der Waals surface area contributed by atoms with Gasteiger partial charge in [0.15, 0.2) is 0 Å². The Morgan fingerprint density at radius 1 is 1.08 bits per heavy atom. The van der Waals surface area contributed by atoms with Gasteiger partial charge in [0.25, 0.3) is 0 Å². The summed E-state index contributed by atoms with van der Waals surface area (Å²) in [6.07, 6.45) is 3.93. The van der Waals surface area contributed by atoms with E-state index < -0.39 is 5.97 Å². The molecular weight excluding hydrogens is 382 g/mol. The number of rotatable bonds is 3. The van der Waals surface area contributed by atoms with Crippen LogP contribution in [0.2, 0.25) is 0 Å². The summed E-state index contributed by atoms with van der Waals surface area (Å²) >= 11 is 3.37. The van der Waals surface area contributed by atoms with Gasteiger partial charge >= 0.3 is 5.97 Å². The van der Waals surface area contributed by atoms with Gasteiger partial charge in [-0.3, -0.25) is 9.69 Å². The molecule has 1 aliphatic heterocycles. The van der Waals surface area contributed by atoms with Crippen molar-refractivity contribution < 1.29 is 14.3 Å². The van der Waals surface area contributed by atoms with Crippen molar-refractivity contribution in [3.63, 3.8) is 0 Å². The average molecular weight is 400 g/mol. The molecular formula is C20H18BrNO3. The van der Waals surface area contributed by atoms with E-state index in [4.69, 9.17) is 4.74 Å². The van der Waals surface area contributed by atoms with E-state index in [1.165, 1.54) is 0 Å². The number of hydrogen-bond acceptors (Lipinski definition) is 3. The van der Waals surface area contributed by atoms with Gasteiger partial charge in [-0.15, -0.1) is 0 Å². The Kier molecular flexibility index (Phi) is 5.04. The summed E-state index contributed by atoms with van der Waals surface area (Å²) in [4.78, 5) is 26.3. The number of esters is 1. The highest BCUT2D eigenvalue weighted by atomic mass is 79.9. The van der Waals surface area contributed by atoms with Crippen molar-refractivity contribution in [2.75, 3.05) is 11.5 Å². The Balaban J connectivity index is 2.20. The van der Waals surface area contributed by atoms with Crippen LogP contribution in [0.4, 0.5) is 11.4 Å². The highest BCUT2D eigenvalue weighted by Crippen LogP contribution is 2.38. The number of fused-ring (bicyclic) bond motifs is 2. The molecule has 0 N–H and O–H groups in total. The van der Waals surface area contributed by atoms with Crippen molar-refractivity contribution in [2.24, 2.45) is 0 Å². The zero-order valence-corrected chi connectivity index (χ0v) is 15.6. The monoisotopic (exact) mass is 399 g/mol. The Morgan fingerprint density at radius 2 is 1.76 bits per heavy atom. The maximum absolute atomic E-state index is 12.9. The number of nitrogens with zero attached hydrogens (tertiary/aromatic N) is 1. The molecule has 0 aromatic heterocycles. The fourth-order valence-corrected chi connectivity index (χ4v) is 2.98. The first-order valence-corrected chi connectivity index (χ1v) is 9.00. The molecule has 4 nitrogen and oxygen atoms in total. The molecule has 1 amide bonds. The molecule has 2 aromatic carbocycles. The van der Waals surface area contributed by atoms with Crippen LogP contribution in [-0.2, 0) is 9.53 Å². The van der Waals surface area contributed by atoms with Crippen molar-refractivity contribution in [1.29, 1.82) is 0 Å². The van der Waals surface area contributed by atoms with Crippen molar-refractivity contribution in [3.05, 3.63) is 59.2 Å². The molecule has 3 rings (SSSR count). The maximum atomic E-state index is 12.9. The minimum atomic E-state index is -0.397. The molecule has 25 heavy (non-hydrogen) atoms. The van der Waals surface area contributed by atoms with E-state index in [9.17, 15) is 9.59 Å². The van der Waals surface area contributed by atoms with Crippen LogP contribution in [0.15, 0.2) is 42.5 Å². The van der Waals surface area contributed by atoms with Crippen LogP contribution in [0.5, 0.6) is 0 Å². The number of hydrogen-bond donors (Lipinski definition) is 0. The van der Waals surface area contributed by atoms with Crippen LogP contribution in [0.3, 0.4) is 0 Å². The van der Waals surface area contributed by atoms with Crippen LogP contribution in [0, 0.1) is 0 Å². The first-order chi connectivity index (χ1) is 12.0. The number of carbonyl (C=O) groups is 2. The van der Waals surface area contributed by atoms with Gasteiger partial charge in [-0.25, -0.2) is 4.79 Å². The van der Waals surface area contributed by atoms with Crippen LogP contribution in [-0.4, -0.2) is 23.3 Å². The Hall–Kier alpha value is -2.40. The molecule has 128 valence electrons. The number of carbonyl (C=O) groups excluding carboxylic acids is 2. The van der Waals surface area contributed by atoms with Crippen molar-refractivity contribution in [3.8, 4) is 0 Å². The lowest BCUT2D eigenvalue weighted by Crippen LogP contribution is -2.32. The summed E-state index contributed by atoms with van der Waals surface area (Å²) in [5, 5.41) is 0. The van der Waals surface area contributed by atoms with Crippen molar-refractivity contribution in [1.82, 2.24) is 0 Å². The zero-order chi connectivity index (χ0) is 18.0. The SMILES string of the molecule is CCOC(=O)c1ccc2c(c1)N(C(=O)C(C)Br)c1ccccc1C=C2. The first kappa shape index (κ1) is 17.4. The largest absolute Gasteiger partial charge is 0.462 e. The number of ether oxygens (including phenoxy) is 1. The molecule has 0 saturated carbocycles. The number of halogens is 1. The Labute approximate surface area is 155 Å². The molecule has 2 aromatic rings. The van der Waals surface area contributed by atoms with Gasteiger partial charge in [-0.2, -0.15) is 0 Å².